The Morgan fingerprint density at radius 2 is 1.86 bits per heavy atom. The molecule has 0 aliphatic rings. The Morgan fingerprint density at radius 1 is 1.10 bits per heavy atom. The highest BCUT2D eigenvalue weighted by atomic mass is 35.5. The summed E-state index contributed by atoms with van der Waals surface area (Å²) in [6, 6.07) is 10.4. The van der Waals surface area contributed by atoms with E-state index >= 15 is 0 Å². The molecular weight excluding hydrogens is 329 g/mol. The van der Waals surface area contributed by atoms with Gasteiger partial charge in [0.05, 0.1) is 0 Å². The second-order valence-electron chi connectivity index (χ2n) is 4.40. The number of anilines is 1. The van der Waals surface area contributed by atoms with Crippen molar-refractivity contribution in [3.8, 4) is 0 Å². The summed E-state index contributed by atoms with van der Waals surface area (Å²) < 4.78 is 0. The van der Waals surface area contributed by atoms with Gasteiger partial charge >= 0.3 is 0 Å². The van der Waals surface area contributed by atoms with Gasteiger partial charge in [0.15, 0.2) is 0 Å². The van der Waals surface area contributed by atoms with Crippen molar-refractivity contribution in [3.63, 3.8) is 0 Å². The highest BCUT2D eigenvalue weighted by molar-refractivity contribution is 6.35. The van der Waals surface area contributed by atoms with Crippen LogP contribution in [0.3, 0.4) is 0 Å². The number of amides is 1. The Labute approximate surface area is 138 Å². The fourth-order valence-corrected chi connectivity index (χ4v) is 2.37. The maximum absolute atomic E-state index is 11.9. The molecule has 0 spiro atoms. The van der Waals surface area contributed by atoms with Crippen LogP contribution < -0.4 is 5.32 Å². The summed E-state index contributed by atoms with van der Waals surface area (Å²) in [4.78, 5) is 11.9. The fraction of sp³-hybridized carbons (Fsp3) is 0.0625. The van der Waals surface area contributed by atoms with Gasteiger partial charge in [0.2, 0.25) is 5.91 Å². The highest BCUT2D eigenvalue weighted by Gasteiger charge is 2.04. The van der Waals surface area contributed by atoms with E-state index in [-0.39, 0.29) is 5.91 Å². The minimum absolute atomic E-state index is 0.258. The molecule has 0 aliphatic carbocycles. The summed E-state index contributed by atoms with van der Waals surface area (Å²) in [6.07, 6.45) is 3.04. The summed E-state index contributed by atoms with van der Waals surface area (Å²) in [6.45, 7) is 1.84. The molecule has 0 radical (unpaired) electrons. The van der Waals surface area contributed by atoms with Crippen molar-refractivity contribution < 1.29 is 4.79 Å². The molecule has 5 heteroatoms. The van der Waals surface area contributed by atoms with E-state index in [1.54, 1.807) is 42.5 Å². The number of halogens is 3. The summed E-state index contributed by atoms with van der Waals surface area (Å²) in [5.41, 5.74) is 2.23. The van der Waals surface area contributed by atoms with Crippen molar-refractivity contribution in [1.29, 1.82) is 0 Å². The lowest BCUT2D eigenvalue weighted by Crippen LogP contribution is -2.08. The van der Waals surface area contributed by atoms with Crippen LogP contribution in [-0.2, 0) is 4.79 Å². The molecule has 108 valence electrons. The molecule has 2 nitrogen and oxygen atoms in total. The number of rotatable bonds is 3. The molecule has 0 aliphatic heterocycles. The molecule has 0 atom stereocenters. The number of nitrogens with one attached hydrogen (secondary N) is 1. The molecule has 0 heterocycles. The number of hydrogen-bond donors (Lipinski definition) is 1. The van der Waals surface area contributed by atoms with E-state index in [9.17, 15) is 4.79 Å². The lowest BCUT2D eigenvalue weighted by molar-refractivity contribution is -0.111. The molecule has 0 aromatic heterocycles. The van der Waals surface area contributed by atoms with Crippen molar-refractivity contribution in [3.05, 3.63) is 68.7 Å². The largest absolute Gasteiger partial charge is 0.322 e. The second kappa shape index (κ2) is 6.99. The summed E-state index contributed by atoms with van der Waals surface area (Å²) >= 11 is 17.9. The van der Waals surface area contributed by atoms with Crippen molar-refractivity contribution in [2.45, 2.75) is 6.92 Å². The Kier molecular flexibility index (Phi) is 5.29. The van der Waals surface area contributed by atoms with Gasteiger partial charge in [-0.2, -0.15) is 0 Å². The van der Waals surface area contributed by atoms with Gasteiger partial charge in [-0.15, -0.1) is 0 Å². The molecule has 2 aromatic rings. The van der Waals surface area contributed by atoms with Crippen LogP contribution >= 0.6 is 34.8 Å². The molecule has 1 amide bonds. The zero-order chi connectivity index (χ0) is 15.4. The van der Waals surface area contributed by atoms with Crippen LogP contribution in [0.4, 0.5) is 5.69 Å². The normalized spacial score (nSPS) is 10.9. The molecule has 1 N–H and O–H groups in total. The Morgan fingerprint density at radius 3 is 2.57 bits per heavy atom. The number of hydrogen-bond acceptors (Lipinski definition) is 1. The van der Waals surface area contributed by atoms with Gasteiger partial charge in [-0.3, -0.25) is 4.79 Å². The van der Waals surface area contributed by atoms with Crippen molar-refractivity contribution >= 4 is 52.5 Å². The quantitative estimate of drug-likeness (QED) is 0.723. The maximum Gasteiger partial charge on any atom is 0.248 e. The second-order valence-corrected chi connectivity index (χ2v) is 5.65. The third-order valence-corrected chi connectivity index (χ3v) is 3.87. The Bertz CT molecular complexity index is 711. The van der Waals surface area contributed by atoms with Gasteiger partial charge in [-0.05, 0) is 48.4 Å². The predicted octanol–water partition coefficient (Wildman–Crippen LogP) is 5.61. The first-order chi connectivity index (χ1) is 9.97. The first-order valence-electron chi connectivity index (χ1n) is 6.16. The van der Waals surface area contributed by atoms with E-state index in [2.05, 4.69) is 5.32 Å². The zero-order valence-corrected chi connectivity index (χ0v) is 13.4. The van der Waals surface area contributed by atoms with E-state index in [0.29, 0.717) is 20.8 Å². The van der Waals surface area contributed by atoms with Crippen LogP contribution in [0.2, 0.25) is 15.1 Å². The molecule has 2 rings (SSSR count). The van der Waals surface area contributed by atoms with Crippen LogP contribution in [0.5, 0.6) is 0 Å². The topological polar surface area (TPSA) is 29.1 Å². The van der Waals surface area contributed by atoms with E-state index in [4.69, 9.17) is 34.8 Å². The van der Waals surface area contributed by atoms with Crippen LogP contribution in [0.15, 0.2) is 42.5 Å². The van der Waals surface area contributed by atoms with Gasteiger partial charge in [0.25, 0.3) is 0 Å². The van der Waals surface area contributed by atoms with Crippen molar-refractivity contribution in [1.82, 2.24) is 0 Å². The average molecular weight is 341 g/mol. The van der Waals surface area contributed by atoms with Crippen LogP contribution in [-0.4, -0.2) is 5.91 Å². The zero-order valence-electron chi connectivity index (χ0n) is 11.2. The van der Waals surface area contributed by atoms with E-state index in [1.807, 2.05) is 6.92 Å². The van der Waals surface area contributed by atoms with Gasteiger partial charge in [0, 0.05) is 26.8 Å². The third-order valence-electron chi connectivity index (χ3n) is 2.90. The molecule has 0 fully saturated rings. The molecule has 0 bridgehead atoms. The van der Waals surface area contributed by atoms with Gasteiger partial charge in [-0.1, -0.05) is 46.9 Å². The highest BCUT2D eigenvalue weighted by Crippen LogP contribution is 2.24. The molecule has 21 heavy (non-hydrogen) atoms. The van der Waals surface area contributed by atoms with Crippen LogP contribution in [0, 0.1) is 6.92 Å². The number of benzene rings is 2. The van der Waals surface area contributed by atoms with Gasteiger partial charge in [-0.25, -0.2) is 0 Å². The number of carbonyl (C=O) groups excluding carboxylic acids is 1. The molecule has 0 saturated carbocycles. The van der Waals surface area contributed by atoms with Gasteiger partial charge in [0.1, 0.15) is 0 Å². The summed E-state index contributed by atoms with van der Waals surface area (Å²) in [5.74, 6) is -0.258. The average Bonchev–Trinajstić information content (AvgIpc) is 2.43. The first-order valence-corrected chi connectivity index (χ1v) is 7.30. The first kappa shape index (κ1) is 15.9. The van der Waals surface area contributed by atoms with Gasteiger partial charge < -0.3 is 5.32 Å². The minimum Gasteiger partial charge on any atom is -0.322 e. The summed E-state index contributed by atoms with van der Waals surface area (Å²) in [7, 11) is 0. The summed E-state index contributed by atoms with van der Waals surface area (Å²) in [5, 5.41) is 4.42. The Balaban J connectivity index is 2.11. The maximum atomic E-state index is 11.9. The monoisotopic (exact) mass is 339 g/mol. The van der Waals surface area contributed by atoms with E-state index < -0.39 is 0 Å². The predicted molar refractivity (Wildman–Crippen MR) is 90.3 cm³/mol. The van der Waals surface area contributed by atoms with Crippen molar-refractivity contribution in [2.75, 3.05) is 5.32 Å². The van der Waals surface area contributed by atoms with E-state index in [1.165, 1.54) is 6.08 Å². The lowest BCUT2D eigenvalue weighted by Gasteiger charge is -2.07. The SMILES string of the molecule is Cc1c(Cl)cccc1NC(=O)/C=C/c1ccc(Cl)cc1Cl. The minimum atomic E-state index is -0.258. The number of carbonyl (C=O) groups is 1. The Hall–Kier alpha value is -1.48. The van der Waals surface area contributed by atoms with Crippen LogP contribution in [0.1, 0.15) is 11.1 Å². The molecule has 0 unspecified atom stereocenters. The fourth-order valence-electron chi connectivity index (χ4n) is 1.72. The smallest absolute Gasteiger partial charge is 0.248 e. The molecule has 2 aromatic carbocycles. The molecular formula is C16H12Cl3NO. The molecule has 0 saturated heterocycles. The van der Waals surface area contributed by atoms with E-state index in [0.717, 1.165) is 11.1 Å². The third kappa shape index (κ3) is 4.24. The standard InChI is InChI=1S/C16H12Cl3NO/c1-10-13(18)3-2-4-15(10)20-16(21)8-6-11-5-7-12(17)9-14(11)19/h2-9H,1H3,(H,20,21)/b8-6+. The van der Waals surface area contributed by atoms with Crippen LogP contribution in [0.25, 0.3) is 6.08 Å². The lowest BCUT2D eigenvalue weighted by atomic mass is 10.2. The van der Waals surface area contributed by atoms with Crippen molar-refractivity contribution in [2.24, 2.45) is 0 Å².